The largest absolute Gasteiger partial charge is 0.420 e. The Morgan fingerprint density at radius 1 is 0.833 bits per heavy atom. The van der Waals surface area contributed by atoms with E-state index in [-0.39, 0.29) is 23.0 Å². The van der Waals surface area contributed by atoms with Crippen molar-refractivity contribution in [3.05, 3.63) is 114 Å². The molecule has 4 aromatic carbocycles. The van der Waals surface area contributed by atoms with E-state index in [9.17, 15) is 13.2 Å². The molecule has 0 radical (unpaired) electrons. The average molecular weight is 501 g/mol. The molecule has 0 aliphatic heterocycles. The summed E-state index contributed by atoms with van der Waals surface area (Å²) in [6, 6.07) is 29.0. The maximum Gasteiger partial charge on any atom is 0.420 e. The first kappa shape index (κ1) is 24.6. The topological polar surface area (TPSA) is 140 Å². The highest BCUT2D eigenvalue weighted by molar-refractivity contribution is 7.89. The number of hydrogen-bond acceptors (Lipinski definition) is 5. The standard InChI is InChI=1S/C27H24N4O4S/c28-26(29)24-12-5-4-8-20(24)18-31(21-9-2-1-3-10-21)27(32)35-22-16-14-19(15-17-22)23-11-6-7-13-25(23)36(30,33)34/h1-17H,18H2,(H3,28,29)(H2,30,33,34). The Bertz CT molecular complexity index is 1500. The van der Waals surface area contributed by atoms with Crippen LogP contribution in [-0.4, -0.2) is 20.3 Å². The average Bonchev–Trinajstić information content (AvgIpc) is 2.88. The van der Waals surface area contributed by atoms with Gasteiger partial charge in [0.25, 0.3) is 0 Å². The molecule has 0 atom stereocenters. The van der Waals surface area contributed by atoms with Crippen LogP contribution in [0.5, 0.6) is 5.75 Å². The lowest BCUT2D eigenvalue weighted by molar-refractivity contribution is 0.207. The lowest BCUT2D eigenvalue weighted by atomic mass is 10.1. The van der Waals surface area contributed by atoms with Crippen molar-refractivity contribution in [2.24, 2.45) is 10.9 Å². The normalized spacial score (nSPS) is 11.0. The van der Waals surface area contributed by atoms with Crippen LogP contribution in [0.1, 0.15) is 11.1 Å². The summed E-state index contributed by atoms with van der Waals surface area (Å²) in [7, 11) is -3.91. The van der Waals surface area contributed by atoms with Gasteiger partial charge in [-0.15, -0.1) is 0 Å². The van der Waals surface area contributed by atoms with Crippen LogP contribution < -0.4 is 20.5 Å². The number of nitrogens with zero attached hydrogens (tertiary/aromatic N) is 1. The number of ether oxygens (including phenoxy) is 1. The van der Waals surface area contributed by atoms with Gasteiger partial charge < -0.3 is 10.5 Å². The number of primary sulfonamides is 1. The predicted octanol–water partition coefficient (Wildman–Crippen LogP) is 4.49. The van der Waals surface area contributed by atoms with Gasteiger partial charge in [0.15, 0.2) is 0 Å². The Balaban J connectivity index is 1.61. The van der Waals surface area contributed by atoms with Gasteiger partial charge in [0.05, 0.1) is 11.4 Å². The third kappa shape index (κ3) is 5.60. The Morgan fingerprint density at radius 3 is 2.11 bits per heavy atom. The summed E-state index contributed by atoms with van der Waals surface area (Å²) < 4.78 is 29.5. The number of nitrogen functional groups attached to an aromatic ring is 1. The summed E-state index contributed by atoms with van der Waals surface area (Å²) in [5.41, 5.74) is 8.62. The van der Waals surface area contributed by atoms with E-state index in [1.165, 1.54) is 11.0 Å². The van der Waals surface area contributed by atoms with Gasteiger partial charge >= 0.3 is 6.09 Å². The van der Waals surface area contributed by atoms with Crippen LogP contribution in [0.15, 0.2) is 108 Å². The first-order valence-electron chi connectivity index (χ1n) is 10.9. The highest BCUT2D eigenvalue weighted by Gasteiger charge is 2.21. The maximum atomic E-state index is 13.3. The molecule has 0 aliphatic rings. The summed E-state index contributed by atoms with van der Waals surface area (Å²) in [6.45, 7) is 0.137. The zero-order valence-electron chi connectivity index (χ0n) is 19.2. The first-order valence-corrected chi connectivity index (χ1v) is 12.5. The second-order valence-corrected chi connectivity index (χ2v) is 9.46. The quantitative estimate of drug-likeness (QED) is 0.253. The molecule has 0 saturated heterocycles. The van der Waals surface area contributed by atoms with E-state index in [1.54, 1.807) is 72.8 Å². The second-order valence-electron chi connectivity index (χ2n) is 7.93. The summed E-state index contributed by atoms with van der Waals surface area (Å²) in [5, 5.41) is 13.2. The number of amidine groups is 1. The van der Waals surface area contributed by atoms with Crippen molar-refractivity contribution in [2.45, 2.75) is 11.4 Å². The monoisotopic (exact) mass is 500 g/mol. The Labute approximate surface area is 209 Å². The summed E-state index contributed by atoms with van der Waals surface area (Å²) in [4.78, 5) is 14.7. The number of hydrogen-bond donors (Lipinski definition) is 3. The fourth-order valence-corrected chi connectivity index (χ4v) is 4.53. The zero-order chi connectivity index (χ0) is 25.7. The Morgan fingerprint density at radius 2 is 1.44 bits per heavy atom. The number of nitrogens with two attached hydrogens (primary N) is 2. The van der Waals surface area contributed by atoms with Crippen molar-refractivity contribution >= 4 is 27.6 Å². The Kier molecular flexibility index (Phi) is 7.14. The number of benzene rings is 4. The van der Waals surface area contributed by atoms with Crippen molar-refractivity contribution in [3.63, 3.8) is 0 Å². The minimum atomic E-state index is -3.91. The van der Waals surface area contributed by atoms with E-state index in [4.69, 9.17) is 21.0 Å². The molecule has 0 saturated carbocycles. The van der Waals surface area contributed by atoms with Gasteiger partial charge in [-0.1, -0.05) is 72.8 Å². The summed E-state index contributed by atoms with van der Waals surface area (Å²) >= 11 is 0. The van der Waals surface area contributed by atoms with Crippen LogP contribution in [0.2, 0.25) is 0 Å². The fourth-order valence-electron chi connectivity index (χ4n) is 3.77. The van der Waals surface area contributed by atoms with E-state index < -0.39 is 16.1 Å². The lowest BCUT2D eigenvalue weighted by Gasteiger charge is -2.23. The minimum Gasteiger partial charge on any atom is -0.410 e. The molecule has 5 N–H and O–H groups in total. The van der Waals surface area contributed by atoms with Crippen LogP contribution in [0.25, 0.3) is 11.1 Å². The number of carbonyl (C=O) groups excluding carboxylic acids is 1. The first-order chi connectivity index (χ1) is 17.2. The molecule has 4 aromatic rings. The molecule has 8 nitrogen and oxygen atoms in total. The number of anilines is 1. The van der Waals surface area contributed by atoms with Crippen LogP contribution in [0.3, 0.4) is 0 Å². The number of nitrogens with one attached hydrogen (secondary N) is 1. The van der Waals surface area contributed by atoms with Crippen LogP contribution in [0.4, 0.5) is 10.5 Å². The SMILES string of the molecule is N=C(N)c1ccccc1CN(C(=O)Oc1ccc(-c2ccccc2S(N)(=O)=O)cc1)c1ccccc1. The molecule has 1 amide bonds. The molecular formula is C27H24N4O4S. The molecule has 36 heavy (non-hydrogen) atoms. The van der Waals surface area contributed by atoms with Crippen molar-refractivity contribution in [1.29, 1.82) is 5.41 Å². The van der Waals surface area contributed by atoms with Crippen LogP contribution >= 0.6 is 0 Å². The van der Waals surface area contributed by atoms with Gasteiger partial charge in [0.1, 0.15) is 11.6 Å². The lowest BCUT2D eigenvalue weighted by Crippen LogP contribution is -2.34. The highest BCUT2D eigenvalue weighted by Crippen LogP contribution is 2.29. The van der Waals surface area contributed by atoms with Gasteiger partial charge in [0.2, 0.25) is 10.0 Å². The molecule has 0 aromatic heterocycles. The van der Waals surface area contributed by atoms with E-state index in [1.807, 2.05) is 24.3 Å². The fraction of sp³-hybridized carbons (Fsp3) is 0.0370. The summed E-state index contributed by atoms with van der Waals surface area (Å²) in [6.07, 6.45) is -0.628. The zero-order valence-corrected chi connectivity index (χ0v) is 20.0. The van der Waals surface area contributed by atoms with Crippen molar-refractivity contribution < 1.29 is 17.9 Å². The molecular weight excluding hydrogens is 476 g/mol. The molecule has 9 heteroatoms. The molecule has 0 fully saturated rings. The number of sulfonamides is 1. The van der Waals surface area contributed by atoms with Crippen LogP contribution in [0, 0.1) is 5.41 Å². The maximum absolute atomic E-state index is 13.3. The van der Waals surface area contributed by atoms with E-state index in [2.05, 4.69) is 0 Å². The van der Waals surface area contributed by atoms with E-state index in [0.29, 0.717) is 27.9 Å². The van der Waals surface area contributed by atoms with Crippen LogP contribution in [-0.2, 0) is 16.6 Å². The molecule has 4 rings (SSSR count). The van der Waals surface area contributed by atoms with Gasteiger partial charge in [-0.05, 0) is 41.5 Å². The minimum absolute atomic E-state index is 0.00846. The van der Waals surface area contributed by atoms with E-state index >= 15 is 0 Å². The summed E-state index contributed by atoms with van der Waals surface area (Å²) in [5.74, 6) is 0.181. The molecule has 182 valence electrons. The highest BCUT2D eigenvalue weighted by atomic mass is 32.2. The third-order valence-electron chi connectivity index (χ3n) is 5.49. The second kappa shape index (κ2) is 10.4. The van der Waals surface area contributed by atoms with Gasteiger partial charge in [0, 0.05) is 16.8 Å². The third-order valence-corrected chi connectivity index (χ3v) is 6.46. The molecule has 0 spiro atoms. The number of carbonyl (C=O) groups is 1. The number of amides is 1. The molecule has 0 bridgehead atoms. The van der Waals surface area contributed by atoms with Gasteiger partial charge in [-0.3, -0.25) is 10.3 Å². The molecule has 0 unspecified atom stereocenters. The van der Waals surface area contributed by atoms with E-state index in [0.717, 1.165) is 0 Å². The van der Waals surface area contributed by atoms with Gasteiger partial charge in [-0.25, -0.2) is 18.4 Å². The Hall–Kier alpha value is -4.47. The van der Waals surface area contributed by atoms with Gasteiger partial charge in [-0.2, -0.15) is 0 Å². The molecule has 0 aliphatic carbocycles. The smallest absolute Gasteiger partial charge is 0.410 e. The van der Waals surface area contributed by atoms with Crippen molar-refractivity contribution in [3.8, 4) is 16.9 Å². The predicted molar refractivity (Wildman–Crippen MR) is 139 cm³/mol. The van der Waals surface area contributed by atoms with Crippen molar-refractivity contribution in [1.82, 2.24) is 0 Å². The van der Waals surface area contributed by atoms with Crippen molar-refractivity contribution in [2.75, 3.05) is 4.90 Å². The molecule has 0 heterocycles. The number of rotatable bonds is 7. The number of para-hydroxylation sites is 1.